The van der Waals surface area contributed by atoms with Crippen molar-refractivity contribution in [1.82, 2.24) is 0 Å². The van der Waals surface area contributed by atoms with Crippen LogP contribution in [0.25, 0.3) is 0 Å². The van der Waals surface area contributed by atoms with Crippen LogP contribution in [0.4, 0.5) is 0 Å². The molecule has 0 aromatic rings. The van der Waals surface area contributed by atoms with Gasteiger partial charge in [0, 0.05) is 0 Å². The standard InChI is InChI=1S/C9H16O/c1-7(6-8(2)10)9(3)4-5-9/h6,8,10H,4-5H2,1-3H3/b7-6-. The van der Waals surface area contributed by atoms with Crippen molar-refractivity contribution in [2.45, 2.75) is 39.7 Å². The molecule has 0 aromatic heterocycles. The molecule has 1 atom stereocenters. The van der Waals surface area contributed by atoms with Crippen molar-refractivity contribution < 1.29 is 5.11 Å². The number of allylic oxidation sites excluding steroid dienone is 1. The van der Waals surface area contributed by atoms with Gasteiger partial charge in [-0.1, -0.05) is 18.6 Å². The quantitative estimate of drug-likeness (QED) is 0.582. The molecule has 10 heavy (non-hydrogen) atoms. The van der Waals surface area contributed by atoms with Gasteiger partial charge in [0.15, 0.2) is 0 Å². The Balaban J connectivity index is 2.55. The fourth-order valence-electron chi connectivity index (χ4n) is 1.14. The minimum absolute atomic E-state index is 0.280. The summed E-state index contributed by atoms with van der Waals surface area (Å²) in [6.07, 6.45) is 4.26. The smallest absolute Gasteiger partial charge is 0.0695 e. The summed E-state index contributed by atoms with van der Waals surface area (Å²) in [5, 5.41) is 9.04. The van der Waals surface area contributed by atoms with E-state index < -0.39 is 0 Å². The first-order valence-corrected chi connectivity index (χ1v) is 3.91. The molecule has 0 aromatic carbocycles. The molecule has 1 unspecified atom stereocenters. The highest BCUT2D eigenvalue weighted by molar-refractivity contribution is 5.18. The summed E-state index contributed by atoms with van der Waals surface area (Å²) in [7, 11) is 0. The van der Waals surface area contributed by atoms with E-state index >= 15 is 0 Å². The van der Waals surface area contributed by atoms with Crippen LogP contribution in [0.5, 0.6) is 0 Å². The predicted molar refractivity (Wildman–Crippen MR) is 42.8 cm³/mol. The Morgan fingerprint density at radius 3 is 2.40 bits per heavy atom. The lowest BCUT2D eigenvalue weighted by Gasteiger charge is -2.09. The second-order valence-electron chi connectivity index (χ2n) is 3.65. The SMILES string of the molecule is C/C(=C/C(C)O)C1(C)CC1. The maximum atomic E-state index is 9.04. The lowest BCUT2D eigenvalue weighted by Crippen LogP contribution is -2.01. The van der Waals surface area contributed by atoms with Crippen LogP contribution < -0.4 is 0 Å². The van der Waals surface area contributed by atoms with Crippen molar-refractivity contribution in [3.63, 3.8) is 0 Å². The summed E-state index contributed by atoms with van der Waals surface area (Å²) >= 11 is 0. The molecule has 1 heteroatoms. The lowest BCUT2D eigenvalue weighted by atomic mass is 9.99. The van der Waals surface area contributed by atoms with Gasteiger partial charge in [0.1, 0.15) is 0 Å². The Labute approximate surface area is 62.8 Å². The molecule has 1 aliphatic carbocycles. The van der Waals surface area contributed by atoms with E-state index in [9.17, 15) is 0 Å². The second kappa shape index (κ2) is 2.39. The third-order valence-corrected chi connectivity index (χ3v) is 2.44. The van der Waals surface area contributed by atoms with Gasteiger partial charge in [0.2, 0.25) is 0 Å². The van der Waals surface area contributed by atoms with Crippen molar-refractivity contribution in [1.29, 1.82) is 0 Å². The molecule has 1 fully saturated rings. The van der Waals surface area contributed by atoms with Crippen molar-refractivity contribution in [2.75, 3.05) is 0 Å². The van der Waals surface area contributed by atoms with Crippen LogP contribution in [-0.2, 0) is 0 Å². The minimum Gasteiger partial charge on any atom is -0.389 e. The molecule has 0 aliphatic heterocycles. The maximum absolute atomic E-state index is 9.04. The Morgan fingerprint density at radius 1 is 1.60 bits per heavy atom. The highest BCUT2D eigenvalue weighted by Gasteiger charge is 2.38. The van der Waals surface area contributed by atoms with Crippen LogP contribution in [0.15, 0.2) is 11.6 Å². The van der Waals surface area contributed by atoms with E-state index in [1.54, 1.807) is 6.92 Å². The van der Waals surface area contributed by atoms with E-state index in [1.165, 1.54) is 18.4 Å². The summed E-state index contributed by atoms with van der Waals surface area (Å²) in [5.74, 6) is 0. The Hall–Kier alpha value is -0.300. The van der Waals surface area contributed by atoms with Crippen LogP contribution >= 0.6 is 0 Å². The fraction of sp³-hybridized carbons (Fsp3) is 0.778. The Morgan fingerprint density at radius 2 is 2.10 bits per heavy atom. The third-order valence-electron chi connectivity index (χ3n) is 2.44. The van der Waals surface area contributed by atoms with Gasteiger partial charge in [-0.15, -0.1) is 0 Å². The molecule has 0 saturated heterocycles. The number of hydrogen-bond acceptors (Lipinski definition) is 1. The van der Waals surface area contributed by atoms with Crippen LogP contribution in [0.3, 0.4) is 0 Å². The van der Waals surface area contributed by atoms with E-state index in [2.05, 4.69) is 13.8 Å². The topological polar surface area (TPSA) is 20.2 Å². The van der Waals surface area contributed by atoms with Crippen molar-refractivity contribution >= 4 is 0 Å². The number of rotatable bonds is 2. The Kier molecular flexibility index (Phi) is 1.86. The first-order valence-electron chi connectivity index (χ1n) is 3.91. The zero-order valence-electron chi connectivity index (χ0n) is 7.02. The molecule has 0 amide bonds. The van der Waals surface area contributed by atoms with Gasteiger partial charge in [-0.05, 0) is 32.1 Å². The average molecular weight is 140 g/mol. The molecule has 0 spiro atoms. The molecule has 1 rings (SSSR count). The zero-order valence-corrected chi connectivity index (χ0v) is 7.02. The maximum Gasteiger partial charge on any atom is 0.0695 e. The summed E-state index contributed by atoms with van der Waals surface area (Å²) < 4.78 is 0. The minimum atomic E-state index is -0.280. The largest absolute Gasteiger partial charge is 0.389 e. The molecule has 1 saturated carbocycles. The third kappa shape index (κ3) is 1.60. The second-order valence-corrected chi connectivity index (χ2v) is 3.65. The highest BCUT2D eigenvalue weighted by atomic mass is 16.3. The summed E-state index contributed by atoms with van der Waals surface area (Å²) in [6.45, 7) is 6.16. The van der Waals surface area contributed by atoms with Gasteiger partial charge in [-0.2, -0.15) is 0 Å². The van der Waals surface area contributed by atoms with Gasteiger partial charge >= 0.3 is 0 Å². The van der Waals surface area contributed by atoms with Crippen molar-refractivity contribution in [2.24, 2.45) is 5.41 Å². The highest BCUT2D eigenvalue weighted by Crippen LogP contribution is 2.51. The van der Waals surface area contributed by atoms with Crippen molar-refractivity contribution in [3.05, 3.63) is 11.6 Å². The summed E-state index contributed by atoms with van der Waals surface area (Å²) in [6, 6.07) is 0. The fourth-order valence-corrected chi connectivity index (χ4v) is 1.14. The summed E-state index contributed by atoms with van der Waals surface area (Å²) in [4.78, 5) is 0. The first kappa shape index (κ1) is 7.80. The molecule has 0 bridgehead atoms. The van der Waals surface area contributed by atoms with Gasteiger partial charge in [0.05, 0.1) is 6.10 Å². The lowest BCUT2D eigenvalue weighted by molar-refractivity contribution is 0.242. The molecular formula is C9H16O. The van der Waals surface area contributed by atoms with Gasteiger partial charge < -0.3 is 5.11 Å². The van der Waals surface area contributed by atoms with E-state index in [1.807, 2.05) is 6.08 Å². The molecule has 0 heterocycles. The Bertz CT molecular complexity index is 152. The van der Waals surface area contributed by atoms with Crippen LogP contribution in [0.1, 0.15) is 33.6 Å². The molecule has 58 valence electrons. The molecular weight excluding hydrogens is 124 g/mol. The van der Waals surface area contributed by atoms with E-state index in [-0.39, 0.29) is 6.10 Å². The normalized spacial score (nSPS) is 26.2. The van der Waals surface area contributed by atoms with E-state index in [4.69, 9.17) is 5.11 Å². The van der Waals surface area contributed by atoms with E-state index in [0.29, 0.717) is 5.41 Å². The number of aliphatic hydroxyl groups excluding tert-OH is 1. The monoisotopic (exact) mass is 140 g/mol. The molecule has 1 nitrogen and oxygen atoms in total. The van der Waals surface area contributed by atoms with Gasteiger partial charge in [-0.3, -0.25) is 0 Å². The van der Waals surface area contributed by atoms with Crippen LogP contribution in [-0.4, -0.2) is 11.2 Å². The number of aliphatic hydroxyl groups is 1. The predicted octanol–water partition coefficient (Wildman–Crippen LogP) is 2.11. The molecule has 1 aliphatic rings. The van der Waals surface area contributed by atoms with Gasteiger partial charge in [0.25, 0.3) is 0 Å². The summed E-state index contributed by atoms with van der Waals surface area (Å²) in [5.41, 5.74) is 1.79. The van der Waals surface area contributed by atoms with E-state index in [0.717, 1.165) is 0 Å². The van der Waals surface area contributed by atoms with Crippen LogP contribution in [0, 0.1) is 5.41 Å². The molecule has 1 N–H and O–H groups in total. The average Bonchev–Trinajstić information content (AvgIpc) is 2.47. The number of hydrogen-bond donors (Lipinski definition) is 1. The molecule has 0 radical (unpaired) electrons. The van der Waals surface area contributed by atoms with Gasteiger partial charge in [-0.25, -0.2) is 0 Å². The zero-order chi connectivity index (χ0) is 7.78. The van der Waals surface area contributed by atoms with Crippen molar-refractivity contribution in [3.8, 4) is 0 Å². The van der Waals surface area contributed by atoms with Crippen LogP contribution in [0.2, 0.25) is 0 Å². The first-order chi connectivity index (χ1) is 4.54.